The largest absolute Gasteiger partial charge is 0.497 e. The van der Waals surface area contributed by atoms with Gasteiger partial charge in [0.1, 0.15) is 28.9 Å². The summed E-state index contributed by atoms with van der Waals surface area (Å²) in [6.07, 6.45) is 1.08. The molecule has 0 heterocycles. The zero-order chi connectivity index (χ0) is 27.3. The lowest BCUT2D eigenvalue weighted by Crippen LogP contribution is -2.24. The minimum atomic E-state index is -3.50. The van der Waals surface area contributed by atoms with Crippen molar-refractivity contribution in [1.29, 1.82) is 0 Å². The Hall–Kier alpha value is -4.11. The fourth-order valence-corrected chi connectivity index (χ4v) is 4.64. The van der Waals surface area contributed by atoms with Crippen molar-refractivity contribution in [3.05, 3.63) is 113 Å². The van der Waals surface area contributed by atoms with Gasteiger partial charge in [0.05, 0.1) is 19.1 Å². The second-order valence-corrected chi connectivity index (χ2v) is 10.6. The summed E-state index contributed by atoms with van der Waals surface area (Å²) >= 11 is 0. The third-order valence-corrected chi connectivity index (χ3v) is 6.50. The summed E-state index contributed by atoms with van der Waals surface area (Å²) in [6, 6.07) is 23.5. The monoisotopic (exact) mass is 538 g/mol. The maximum atomic E-state index is 14.6. The van der Waals surface area contributed by atoms with Crippen LogP contribution in [-0.4, -0.2) is 21.8 Å². The Bertz CT molecular complexity index is 1510. The SMILES string of the molecule is COc1ccc(Oc2ccc(CN(Cc3ccc(F)cc3F)c3cccc(NS(C)(=O)=O)c3C)cc2)cc1. The molecule has 6 nitrogen and oxygen atoms in total. The first-order chi connectivity index (χ1) is 18.1. The van der Waals surface area contributed by atoms with E-state index in [4.69, 9.17) is 9.47 Å². The Labute approximate surface area is 221 Å². The predicted molar refractivity (Wildman–Crippen MR) is 145 cm³/mol. The number of benzene rings is 4. The topological polar surface area (TPSA) is 67.9 Å². The van der Waals surface area contributed by atoms with Crippen molar-refractivity contribution in [3.63, 3.8) is 0 Å². The summed E-state index contributed by atoms with van der Waals surface area (Å²) in [5, 5.41) is 0. The molecule has 9 heteroatoms. The van der Waals surface area contributed by atoms with Crippen LogP contribution in [0.15, 0.2) is 84.9 Å². The van der Waals surface area contributed by atoms with Crippen LogP contribution in [0, 0.1) is 18.6 Å². The van der Waals surface area contributed by atoms with Gasteiger partial charge in [-0.2, -0.15) is 0 Å². The van der Waals surface area contributed by atoms with E-state index in [1.807, 2.05) is 59.5 Å². The second-order valence-electron chi connectivity index (χ2n) is 8.84. The van der Waals surface area contributed by atoms with Gasteiger partial charge in [0.25, 0.3) is 0 Å². The van der Waals surface area contributed by atoms with Crippen LogP contribution in [0.1, 0.15) is 16.7 Å². The molecule has 0 aliphatic heterocycles. The molecule has 0 aliphatic carbocycles. The van der Waals surface area contributed by atoms with Crippen molar-refractivity contribution in [2.45, 2.75) is 20.0 Å². The van der Waals surface area contributed by atoms with Crippen LogP contribution in [0.2, 0.25) is 0 Å². The Kier molecular flexibility index (Phi) is 8.16. The molecule has 1 N–H and O–H groups in total. The number of nitrogens with one attached hydrogen (secondary N) is 1. The average molecular weight is 539 g/mol. The van der Waals surface area contributed by atoms with E-state index in [1.54, 1.807) is 26.2 Å². The highest BCUT2D eigenvalue weighted by molar-refractivity contribution is 7.92. The van der Waals surface area contributed by atoms with Crippen LogP contribution in [0.3, 0.4) is 0 Å². The molecule has 0 amide bonds. The number of sulfonamides is 1. The third-order valence-electron chi connectivity index (χ3n) is 5.91. The van der Waals surface area contributed by atoms with Gasteiger partial charge in [0.2, 0.25) is 10.0 Å². The Morgan fingerprint density at radius 1 is 0.842 bits per heavy atom. The van der Waals surface area contributed by atoms with Crippen LogP contribution in [0.4, 0.5) is 20.2 Å². The van der Waals surface area contributed by atoms with Gasteiger partial charge in [-0.15, -0.1) is 0 Å². The smallest absolute Gasteiger partial charge is 0.229 e. The number of halogens is 2. The molecule has 4 aromatic carbocycles. The van der Waals surface area contributed by atoms with Crippen molar-refractivity contribution >= 4 is 21.4 Å². The van der Waals surface area contributed by atoms with E-state index in [-0.39, 0.29) is 6.54 Å². The van der Waals surface area contributed by atoms with E-state index in [9.17, 15) is 17.2 Å². The molecule has 0 saturated carbocycles. The lowest BCUT2D eigenvalue weighted by molar-refractivity contribution is 0.413. The van der Waals surface area contributed by atoms with E-state index >= 15 is 0 Å². The normalized spacial score (nSPS) is 11.2. The van der Waals surface area contributed by atoms with E-state index < -0.39 is 21.7 Å². The van der Waals surface area contributed by atoms with Crippen molar-refractivity contribution in [1.82, 2.24) is 0 Å². The van der Waals surface area contributed by atoms with Gasteiger partial charge in [-0.1, -0.05) is 24.3 Å². The zero-order valence-electron chi connectivity index (χ0n) is 21.2. The zero-order valence-corrected chi connectivity index (χ0v) is 22.1. The molecular weight excluding hydrogens is 510 g/mol. The Morgan fingerprint density at radius 3 is 2.08 bits per heavy atom. The van der Waals surface area contributed by atoms with Gasteiger partial charge >= 0.3 is 0 Å². The van der Waals surface area contributed by atoms with Crippen LogP contribution in [0.5, 0.6) is 17.2 Å². The lowest BCUT2D eigenvalue weighted by Gasteiger charge is -2.28. The fraction of sp³-hybridized carbons (Fsp3) is 0.172. The molecule has 0 aromatic heterocycles. The van der Waals surface area contributed by atoms with Crippen molar-refractivity contribution in [3.8, 4) is 17.2 Å². The molecule has 0 fully saturated rings. The molecule has 0 aliphatic rings. The minimum Gasteiger partial charge on any atom is -0.497 e. The van der Waals surface area contributed by atoms with Crippen LogP contribution in [-0.2, 0) is 23.1 Å². The number of hydrogen-bond acceptors (Lipinski definition) is 5. The highest BCUT2D eigenvalue weighted by Crippen LogP contribution is 2.31. The van der Waals surface area contributed by atoms with Gasteiger partial charge < -0.3 is 14.4 Å². The highest BCUT2D eigenvalue weighted by atomic mass is 32.2. The summed E-state index contributed by atoms with van der Waals surface area (Å²) in [4.78, 5) is 1.92. The molecule has 0 bridgehead atoms. The van der Waals surface area contributed by atoms with Crippen LogP contribution in [0.25, 0.3) is 0 Å². The quantitative estimate of drug-likeness (QED) is 0.245. The van der Waals surface area contributed by atoms with Gasteiger partial charge in [0.15, 0.2) is 0 Å². The maximum Gasteiger partial charge on any atom is 0.229 e. The first-order valence-corrected chi connectivity index (χ1v) is 13.7. The Balaban J connectivity index is 1.61. The highest BCUT2D eigenvalue weighted by Gasteiger charge is 2.17. The second kappa shape index (κ2) is 11.5. The number of ether oxygens (including phenoxy) is 2. The van der Waals surface area contributed by atoms with E-state index in [0.717, 1.165) is 23.6 Å². The average Bonchev–Trinajstić information content (AvgIpc) is 2.87. The first kappa shape index (κ1) is 26.9. The molecular formula is C29H28F2N2O4S. The standard InChI is InChI=1S/C29H28F2N2O4S/c1-20-28(32-38(3,34)35)5-4-6-29(20)33(19-22-9-10-23(30)17-27(22)31)18-21-7-11-25(12-8-21)37-26-15-13-24(36-2)14-16-26/h4-17,32H,18-19H2,1-3H3. The Morgan fingerprint density at radius 2 is 1.47 bits per heavy atom. The van der Waals surface area contributed by atoms with E-state index in [1.165, 1.54) is 12.1 Å². The molecule has 0 radical (unpaired) electrons. The number of rotatable bonds is 10. The molecule has 0 atom stereocenters. The molecule has 198 valence electrons. The first-order valence-electron chi connectivity index (χ1n) is 11.8. The van der Waals surface area contributed by atoms with Gasteiger partial charge in [0, 0.05) is 30.4 Å². The van der Waals surface area contributed by atoms with Crippen LogP contribution < -0.4 is 19.1 Å². The van der Waals surface area contributed by atoms with Crippen molar-refractivity contribution < 1.29 is 26.7 Å². The summed E-state index contributed by atoms with van der Waals surface area (Å²) in [5.74, 6) is 0.738. The number of hydrogen-bond donors (Lipinski definition) is 1. The predicted octanol–water partition coefficient (Wildman–Crippen LogP) is 6.65. The third kappa shape index (κ3) is 7.01. The molecule has 38 heavy (non-hydrogen) atoms. The summed E-state index contributed by atoms with van der Waals surface area (Å²) in [5.41, 5.74) is 3.04. The van der Waals surface area contributed by atoms with Gasteiger partial charge in [-0.05, 0) is 72.6 Å². The fourth-order valence-electron chi connectivity index (χ4n) is 4.02. The molecule has 4 rings (SSSR count). The number of nitrogens with zero attached hydrogens (tertiary/aromatic N) is 1. The molecule has 0 spiro atoms. The van der Waals surface area contributed by atoms with E-state index in [2.05, 4.69) is 4.72 Å². The minimum absolute atomic E-state index is 0.138. The summed E-state index contributed by atoms with van der Waals surface area (Å²) < 4.78 is 65.4. The summed E-state index contributed by atoms with van der Waals surface area (Å²) in [6.45, 7) is 2.31. The van der Waals surface area contributed by atoms with Crippen LogP contribution >= 0.6 is 0 Å². The maximum absolute atomic E-state index is 14.6. The number of methoxy groups -OCH3 is 1. The van der Waals surface area contributed by atoms with Gasteiger partial charge in [-0.25, -0.2) is 17.2 Å². The molecule has 0 unspecified atom stereocenters. The molecule has 0 saturated heterocycles. The summed E-state index contributed by atoms with van der Waals surface area (Å²) in [7, 11) is -1.90. The van der Waals surface area contributed by atoms with Crippen molar-refractivity contribution in [2.24, 2.45) is 0 Å². The van der Waals surface area contributed by atoms with Crippen molar-refractivity contribution in [2.75, 3.05) is 23.0 Å². The number of anilines is 2. The lowest BCUT2D eigenvalue weighted by atomic mass is 10.1. The molecule has 4 aromatic rings. The van der Waals surface area contributed by atoms with Gasteiger partial charge in [-0.3, -0.25) is 4.72 Å². The van der Waals surface area contributed by atoms with E-state index in [0.29, 0.717) is 40.5 Å².